The molecule has 0 unspecified atom stereocenters. The molecule has 0 saturated carbocycles. The Labute approximate surface area is 146 Å². The van der Waals surface area contributed by atoms with Gasteiger partial charge < -0.3 is 19.3 Å². The van der Waals surface area contributed by atoms with E-state index in [2.05, 4.69) is 10.00 Å². The van der Waals surface area contributed by atoms with Gasteiger partial charge in [0.25, 0.3) is 0 Å². The van der Waals surface area contributed by atoms with E-state index in [1.807, 2.05) is 35.1 Å². The predicted octanol–water partition coefficient (Wildman–Crippen LogP) is 1.09. The number of β-amino-alcohol motifs (C(OH)–C–C–N with tert-alkyl or cyclic N) is 1. The van der Waals surface area contributed by atoms with Gasteiger partial charge in [0.1, 0.15) is 13.2 Å². The smallest absolute Gasteiger partial charge is 0.161 e. The standard InChI is InChI=1S/C18H23N3O4/c22-16(14-2-3-17-18(10-14)25-9-8-24-17)13-20-6-7-23-15(11-20)12-21-5-1-4-19-21/h1-5,10,15-16,22H,6-9,11-13H2/t15-,16+/m1/s1. The van der Waals surface area contributed by atoms with Gasteiger partial charge in [-0.3, -0.25) is 9.58 Å². The van der Waals surface area contributed by atoms with Crippen LogP contribution in [0.2, 0.25) is 0 Å². The number of fused-ring (bicyclic) bond motifs is 1. The normalized spacial score (nSPS) is 21.9. The summed E-state index contributed by atoms with van der Waals surface area (Å²) in [7, 11) is 0. The summed E-state index contributed by atoms with van der Waals surface area (Å²) in [6.45, 7) is 4.67. The number of morpholine rings is 1. The first kappa shape index (κ1) is 16.4. The largest absolute Gasteiger partial charge is 0.486 e. The van der Waals surface area contributed by atoms with Crippen molar-refractivity contribution in [2.75, 3.05) is 39.5 Å². The quantitative estimate of drug-likeness (QED) is 0.875. The van der Waals surface area contributed by atoms with Crippen LogP contribution in [-0.2, 0) is 11.3 Å². The molecule has 4 rings (SSSR count). The fourth-order valence-electron chi connectivity index (χ4n) is 3.29. The summed E-state index contributed by atoms with van der Waals surface area (Å²) >= 11 is 0. The van der Waals surface area contributed by atoms with Crippen LogP contribution in [0.5, 0.6) is 11.5 Å². The van der Waals surface area contributed by atoms with Crippen LogP contribution < -0.4 is 9.47 Å². The summed E-state index contributed by atoms with van der Waals surface area (Å²) in [5.41, 5.74) is 0.847. The summed E-state index contributed by atoms with van der Waals surface area (Å²) < 4.78 is 18.8. The molecule has 0 aliphatic carbocycles. The fraction of sp³-hybridized carbons (Fsp3) is 0.500. The molecule has 25 heavy (non-hydrogen) atoms. The molecule has 1 saturated heterocycles. The number of nitrogens with zero attached hydrogens (tertiary/aromatic N) is 3. The summed E-state index contributed by atoms with van der Waals surface area (Å²) in [6.07, 6.45) is 3.22. The second-order valence-corrected chi connectivity index (χ2v) is 6.40. The minimum Gasteiger partial charge on any atom is -0.486 e. The van der Waals surface area contributed by atoms with E-state index in [9.17, 15) is 5.11 Å². The van der Waals surface area contributed by atoms with Gasteiger partial charge in [-0.2, -0.15) is 5.10 Å². The van der Waals surface area contributed by atoms with Crippen molar-refractivity contribution in [3.8, 4) is 11.5 Å². The number of aromatic nitrogens is 2. The van der Waals surface area contributed by atoms with E-state index in [4.69, 9.17) is 14.2 Å². The first-order valence-electron chi connectivity index (χ1n) is 8.67. The molecule has 134 valence electrons. The first-order valence-corrected chi connectivity index (χ1v) is 8.67. The van der Waals surface area contributed by atoms with Crippen LogP contribution in [-0.4, -0.2) is 65.3 Å². The molecule has 1 aromatic carbocycles. The number of aliphatic hydroxyl groups is 1. The zero-order chi connectivity index (χ0) is 17.1. The fourth-order valence-corrected chi connectivity index (χ4v) is 3.29. The molecule has 7 nitrogen and oxygen atoms in total. The maximum atomic E-state index is 10.6. The average molecular weight is 345 g/mol. The van der Waals surface area contributed by atoms with E-state index in [1.54, 1.807) is 6.20 Å². The minimum absolute atomic E-state index is 0.0844. The van der Waals surface area contributed by atoms with Crippen molar-refractivity contribution >= 4 is 0 Å². The highest BCUT2D eigenvalue weighted by molar-refractivity contribution is 5.44. The van der Waals surface area contributed by atoms with Gasteiger partial charge in [-0.1, -0.05) is 6.07 Å². The molecule has 0 bridgehead atoms. The van der Waals surface area contributed by atoms with E-state index in [0.29, 0.717) is 32.1 Å². The molecule has 1 aromatic heterocycles. The Hall–Kier alpha value is -2.09. The maximum absolute atomic E-state index is 10.6. The van der Waals surface area contributed by atoms with Crippen LogP contribution in [0, 0.1) is 0 Å². The van der Waals surface area contributed by atoms with E-state index in [-0.39, 0.29) is 6.10 Å². The van der Waals surface area contributed by atoms with Gasteiger partial charge in [-0.25, -0.2) is 0 Å². The topological polar surface area (TPSA) is 69.0 Å². The Balaban J connectivity index is 1.36. The summed E-state index contributed by atoms with van der Waals surface area (Å²) in [4.78, 5) is 2.24. The number of aliphatic hydroxyl groups excluding tert-OH is 1. The predicted molar refractivity (Wildman–Crippen MR) is 90.8 cm³/mol. The number of ether oxygens (including phenoxy) is 3. The minimum atomic E-state index is -0.570. The molecule has 0 spiro atoms. The van der Waals surface area contributed by atoms with Crippen LogP contribution in [0.4, 0.5) is 0 Å². The van der Waals surface area contributed by atoms with Crippen LogP contribution in [0.3, 0.4) is 0 Å². The van der Waals surface area contributed by atoms with Crippen molar-refractivity contribution in [2.45, 2.75) is 18.8 Å². The van der Waals surface area contributed by atoms with Gasteiger partial charge in [0, 0.05) is 32.0 Å². The SMILES string of the molecule is O[C@@H](CN1CCO[C@@H](Cn2cccn2)C1)c1ccc2c(c1)OCCO2. The molecule has 2 aliphatic rings. The van der Waals surface area contributed by atoms with E-state index >= 15 is 0 Å². The third-order valence-corrected chi connectivity index (χ3v) is 4.55. The lowest BCUT2D eigenvalue weighted by molar-refractivity contribution is -0.0486. The Morgan fingerprint density at radius 1 is 1.20 bits per heavy atom. The summed E-state index contributed by atoms with van der Waals surface area (Å²) in [5.74, 6) is 1.45. The van der Waals surface area contributed by atoms with Gasteiger partial charge in [0.2, 0.25) is 0 Å². The molecule has 3 heterocycles. The second kappa shape index (κ2) is 7.43. The molecule has 0 amide bonds. The molecule has 2 aliphatic heterocycles. The number of benzene rings is 1. The lowest BCUT2D eigenvalue weighted by atomic mass is 10.1. The highest BCUT2D eigenvalue weighted by atomic mass is 16.6. The second-order valence-electron chi connectivity index (χ2n) is 6.40. The highest BCUT2D eigenvalue weighted by Crippen LogP contribution is 2.32. The van der Waals surface area contributed by atoms with Gasteiger partial charge >= 0.3 is 0 Å². The molecule has 2 aromatic rings. The Morgan fingerprint density at radius 3 is 2.92 bits per heavy atom. The maximum Gasteiger partial charge on any atom is 0.161 e. The molecule has 1 fully saturated rings. The van der Waals surface area contributed by atoms with Crippen LogP contribution in [0.25, 0.3) is 0 Å². The lowest BCUT2D eigenvalue weighted by Crippen LogP contribution is -2.45. The zero-order valence-electron chi connectivity index (χ0n) is 14.1. The van der Waals surface area contributed by atoms with E-state index in [0.717, 1.165) is 30.9 Å². The molecule has 2 atom stereocenters. The third-order valence-electron chi connectivity index (χ3n) is 4.55. The van der Waals surface area contributed by atoms with Crippen molar-refractivity contribution in [2.24, 2.45) is 0 Å². The van der Waals surface area contributed by atoms with Crippen molar-refractivity contribution in [3.05, 3.63) is 42.2 Å². The van der Waals surface area contributed by atoms with E-state index in [1.165, 1.54) is 0 Å². The molecule has 0 radical (unpaired) electrons. The first-order chi connectivity index (χ1) is 12.3. The van der Waals surface area contributed by atoms with Crippen LogP contribution in [0.1, 0.15) is 11.7 Å². The van der Waals surface area contributed by atoms with Crippen molar-refractivity contribution in [3.63, 3.8) is 0 Å². The summed E-state index contributed by atoms with van der Waals surface area (Å²) in [5, 5.41) is 14.8. The molecule has 7 heteroatoms. The number of rotatable bonds is 5. The molecular weight excluding hydrogens is 322 g/mol. The molecule has 1 N–H and O–H groups in total. The van der Waals surface area contributed by atoms with Crippen molar-refractivity contribution < 1.29 is 19.3 Å². The third kappa shape index (κ3) is 3.95. The molecular formula is C18H23N3O4. The van der Waals surface area contributed by atoms with E-state index < -0.39 is 6.10 Å². The number of hydrogen-bond acceptors (Lipinski definition) is 6. The van der Waals surface area contributed by atoms with Crippen LogP contribution >= 0.6 is 0 Å². The average Bonchev–Trinajstić information content (AvgIpc) is 3.14. The highest BCUT2D eigenvalue weighted by Gasteiger charge is 2.24. The van der Waals surface area contributed by atoms with Gasteiger partial charge in [-0.15, -0.1) is 0 Å². The Morgan fingerprint density at radius 2 is 2.08 bits per heavy atom. The number of hydrogen-bond donors (Lipinski definition) is 1. The monoisotopic (exact) mass is 345 g/mol. The Bertz CT molecular complexity index is 692. The zero-order valence-corrected chi connectivity index (χ0v) is 14.1. The van der Waals surface area contributed by atoms with Crippen molar-refractivity contribution in [1.29, 1.82) is 0 Å². The van der Waals surface area contributed by atoms with Gasteiger partial charge in [0.15, 0.2) is 11.5 Å². The van der Waals surface area contributed by atoms with Gasteiger partial charge in [0.05, 0.1) is 25.4 Å². The van der Waals surface area contributed by atoms with Gasteiger partial charge in [-0.05, 0) is 23.8 Å². The van der Waals surface area contributed by atoms with Crippen LogP contribution in [0.15, 0.2) is 36.7 Å². The Kier molecular flexibility index (Phi) is 4.87. The summed E-state index contributed by atoms with van der Waals surface area (Å²) in [6, 6.07) is 7.56. The lowest BCUT2D eigenvalue weighted by Gasteiger charge is -2.34. The van der Waals surface area contributed by atoms with Crippen molar-refractivity contribution in [1.82, 2.24) is 14.7 Å².